The predicted molar refractivity (Wildman–Crippen MR) is 44.3 cm³/mol. The number of halogens is 2. The van der Waals surface area contributed by atoms with Gasteiger partial charge in [0.1, 0.15) is 5.15 Å². The molecule has 1 aromatic heterocycles. The van der Waals surface area contributed by atoms with Gasteiger partial charge < -0.3 is 0 Å². The molecule has 0 aliphatic rings. The van der Waals surface area contributed by atoms with Gasteiger partial charge in [-0.3, -0.25) is 4.79 Å². The molecule has 4 heteroatoms. The second-order valence-electron chi connectivity index (χ2n) is 2.05. The van der Waals surface area contributed by atoms with E-state index < -0.39 is 0 Å². The zero-order chi connectivity index (χ0) is 8.43. The third kappa shape index (κ3) is 1.91. The topological polar surface area (TPSA) is 30.0 Å². The van der Waals surface area contributed by atoms with Crippen LogP contribution in [0.25, 0.3) is 0 Å². The van der Waals surface area contributed by atoms with E-state index in [0.29, 0.717) is 10.6 Å². The normalized spacial score (nSPS) is 9.73. The molecule has 0 amide bonds. The maximum absolute atomic E-state index is 10.8. The summed E-state index contributed by atoms with van der Waals surface area (Å²) in [6.07, 6.45) is 1.40. The number of pyridine rings is 1. The van der Waals surface area contributed by atoms with Crippen molar-refractivity contribution in [2.45, 2.75) is 6.92 Å². The van der Waals surface area contributed by atoms with E-state index in [1.54, 1.807) is 0 Å². The van der Waals surface area contributed by atoms with Gasteiger partial charge in [-0.1, -0.05) is 23.2 Å². The lowest BCUT2D eigenvalue weighted by molar-refractivity contribution is 0.101. The van der Waals surface area contributed by atoms with Crippen molar-refractivity contribution in [2.75, 3.05) is 0 Å². The number of Topliss-reactive ketones (excluding diaryl/α,β-unsaturated/α-hetero) is 1. The summed E-state index contributed by atoms with van der Waals surface area (Å²) in [6, 6.07) is 1.50. The van der Waals surface area contributed by atoms with Crippen molar-refractivity contribution in [3.8, 4) is 0 Å². The number of hydrogen-bond donors (Lipinski definition) is 0. The van der Waals surface area contributed by atoms with Crippen molar-refractivity contribution >= 4 is 29.0 Å². The molecule has 1 rings (SSSR count). The van der Waals surface area contributed by atoms with Gasteiger partial charge in [-0.25, -0.2) is 4.98 Å². The maximum Gasteiger partial charge on any atom is 0.162 e. The summed E-state index contributed by atoms with van der Waals surface area (Å²) in [5.74, 6) is -0.134. The van der Waals surface area contributed by atoms with Crippen LogP contribution in [0.4, 0.5) is 0 Å². The average Bonchev–Trinajstić information content (AvgIpc) is 1.94. The molecule has 0 atom stereocenters. The highest BCUT2D eigenvalue weighted by molar-refractivity contribution is 6.34. The Bertz CT molecular complexity index is 298. The Balaban J connectivity index is 3.23. The molecule has 0 aromatic carbocycles. The molecule has 11 heavy (non-hydrogen) atoms. The number of ketones is 1. The van der Waals surface area contributed by atoms with Gasteiger partial charge in [0.2, 0.25) is 0 Å². The van der Waals surface area contributed by atoms with E-state index in [4.69, 9.17) is 23.2 Å². The summed E-state index contributed by atoms with van der Waals surface area (Å²) >= 11 is 11.2. The van der Waals surface area contributed by atoms with E-state index >= 15 is 0 Å². The predicted octanol–water partition coefficient (Wildman–Crippen LogP) is 2.59. The van der Waals surface area contributed by atoms with Crippen LogP contribution in [-0.4, -0.2) is 10.8 Å². The SMILES string of the molecule is CC(=O)c1cc(Cl)cnc1Cl. The zero-order valence-electron chi connectivity index (χ0n) is 5.77. The molecule has 58 valence electrons. The van der Waals surface area contributed by atoms with Crippen molar-refractivity contribution in [1.82, 2.24) is 4.98 Å². The molecule has 0 spiro atoms. The zero-order valence-corrected chi connectivity index (χ0v) is 7.28. The molecule has 0 saturated carbocycles. The standard InChI is InChI=1S/C7H5Cl2NO/c1-4(11)6-2-5(8)3-10-7(6)9/h2-3H,1H3. The first-order valence-corrected chi connectivity index (χ1v) is 3.69. The minimum Gasteiger partial charge on any atom is -0.294 e. The summed E-state index contributed by atoms with van der Waals surface area (Å²) in [5, 5.41) is 0.613. The fourth-order valence-corrected chi connectivity index (χ4v) is 1.06. The maximum atomic E-state index is 10.8. The minimum atomic E-state index is -0.134. The van der Waals surface area contributed by atoms with E-state index in [9.17, 15) is 4.79 Å². The quantitative estimate of drug-likeness (QED) is 0.503. The van der Waals surface area contributed by atoms with Crippen LogP contribution in [0, 0.1) is 0 Å². The van der Waals surface area contributed by atoms with Crippen LogP contribution < -0.4 is 0 Å². The van der Waals surface area contributed by atoms with Crippen LogP contribution in [0.3, 0.4) is 0 Å². The van der Waals surface area contributed by atoms with Gasteiger partial charge in [0.05, 0.1) is 10.6 Å². The molecule has 2 nitrogen and oxygen atoms in total. The largest absolute Gasteiger partial charge is 0.294 e. The molecule has 0 aliphatic carbocycles. The molecule has 0 N–H and O–H groups in total. The lowest BCUT2D eigenvalue weighted by Crippen LogP contribution is -1.94. The Morgan fingerprint density at radius 3 is 2.64 bits per heavy atom. The first-order valence-electron chi connectivity index (χ1n) is 2.93. The highest BCUT2D eigenvalue weighted by Gasteiger charge is 2.06. The monoisotopic (exact) mass is 189 g/mol. The summed E-state index contributed by atoms with van der Waals surface area (Å²) in [7, 11) is 0. The van der Waals surface area contributed by atoms with Gasteiger partial charge >= 0.3 is 0 Å². The Kier molecular flexibility index (Phi) is 2.47. The van der Waals surface area contributed by atoms with Gasteiger partial charge in [0.25, 0.3) is 0 Å². The third-order valence-electron chi connectivity index (χ3n) is 1.18. The number of carbonyl (C=O) groups is 1. The minimum absolute atomic E-state index is 0.134. The van der Waals surface area contributed by atoms with Crippen molar-refractivity contribution in [3.05, 3.63) is 28.0 Å². The number of hydrogen-bond acceptors (Lipinski definition) is 2. The molecule has 0 radical (unpaired) electrons. The Morgan fingerprint density at radius 1 is 1.55 bits per heavy atom. The summed E-state index contributed by atoms with van der Waals surface area (Å²) in [6.45, 7) is 1.42. The molecule has 0 unspecified atom stereocenters. The highest BCUT2D eigenvalue weighted by atomic mass is 35.5. The molecular formula is C7H5Cl2NO. The van der Waals surface area contributed by atoms with Gasteiger partial charge in [0, 0.05) is 6.20 Å². The molecule has 0 aliphatic heterocycles. The van der Waals surface area contributed by atoms with Crippen molar-refractivity contribution < 1.29 is 4.79 Å². The Morgan fingerprint density at radius 2 is 2.18 bits per heavy atom. The van der Waals surface area contributed by atoms with Gasteiger partial charge in [0.15, 0.2) is 5.78 Å². The van der Waals surface area contributed by atoms with Crippen LogP contribution in [-0.2, 0) is 0 Å². The second-order valence-corrected chi connectivity index (χ2v) is 2.84. The number of rotatable bonds is 1. The van der Waals surface area contributed by atoms with Gasteiger partial charge in [-0.2, -0.15) is 0 Å². The Hall–Kier alpha value is -0.600. The van der Waals surface area contributed by atoms with E-state index in [0.717, 1.165) is 0 Å². The fourth-order valence-electron chi connectivity index (χ4n) is 0.669. The molecule has 1 heterocycles. The first-order chi connectivity index (χ1) is 5.11. The van der Waals surface area contributed by atoms with E-state index in [1.165, 1.54) is 19.2 Å². The second kappa shape index (κ2) is 3.20. The van der Waals surface area contributed by atoms with Crippen molar-refractivity contribution in [3.63, 3.8) is 0 Å². The van der Waals surface area contributed by atoms with E-state index in [2.05, 4.69) is 4.98 Å². The third-order valence-corrected chi connectivity index (χ3v) is 1.69. The molecule has 0 bridgehead atoms. The molecular weight excluding hydrogens is 185 g/mol. The van der Waals surface area contributed by atoms with E-state index in [1.807, 2.05) is 0 Å². The molecule has 0 fully saturated rings. The summed E-state index contributed by atoms with van der Waals surface area (Å²) < 4.78 is 0. The highest BCUT2D eigenvalue weighted by Crippen LogP contribution is 2.17. The average molecular weight is 190 g/mol. The van der Waals surface area contributed by atoms with E-state index in [-0.39, 0.29) is 10.9 Å². The van der Waals surface area contributed by atoms with Crippen LogP contribution in [0.2, 0.25) is 10.2 Å². The number of nitrogens with zero attached hydrogens (tertiary/aromatic N) is 1. The van der Waals surface area contributed by atoms with Crippen molar-refractivity contribution in [1.29, 1.82) is 0 Å². The van der Waals surface area contributed by atoms with Crippen LogP contribution in [0.1, 0.15) is 17.3 Å². The number of aromatic nitrogens is 1. The summed E-state index contributed by atoms with van der Waals surface area (Å²) in [4.78, 5) is 14.5. The molecule has 1 aromatic rings. The smallest absolute Gasteiger partial charge is 0.162 e. The first kappa shape index (κ1) is 8.50. The van der Waals surface area contributed by atoms with Gasteiger partial charge in [-0.05, 0) is 13.0 Å². The van der Waals surface area contributed by atoms with Crippen LogP contribution >= 0.6 is 23.2 Å². The fraction of sp³-hybridized carbons (Fsp3) is 0.143. The Labute approximate surface area is 74.1 Å². The van der Waals surface area contributed by atoms with Gasteiger partial charge in [-0.15, -0.1) is 0 Å². The number of carbonyl (C=O) groups excluding carboxylic acids is 1. The lowest BCUT2D eigenvalue weighted by atomic mass is 10.2. The van der Waals surface area contributed by atoms with Crippen molar-refractivity contribution in [2.24, 2.45) is 0 Å². The molecule has 0 saturated heterocycles. The summed E-state index contributed by atoms with van der Waals surface area (Å²) in [5.41, 5.74) is 0.360. The lowest BCUT2D eigenvalue weighted by Gasteiger charge is -1.97. The van der Waals surface area contributed by atoms with Crippen LogP contribution in [0.15, 0.2) is 12.3 Å². The van der Waals surface area contributed by atoms with Crippen LogP contribution in [0.5, 0.6) is 0 Å².